The second-order valence-electron chi connectivity index (χ2n) is 4.96. The molecule has 2 atom stereocenters. The van der Waals surface area contributed by atoms with Gasteiger partial charge in [0.15, 0.2) is 0 Å². The zero-order valence-corrected chi connectivity index (χ0v) is 10.8. The van der Waals surface area contributed by atoms with Crippen molar-refractivity contribution in [2.75, 3.05) is 11.9 Å². The number of rotatable bonds is 5. The summed E-state index contributed by atoms with van der Waals surface area (Å²) >= 11 is 0. The van der Waals surface area contributed by atoms with E-state index in [1.165, 1.54) is 12.1 Å². The number of anilines is 1. The summed E-state index contributed by atoms with van der Waals surface area (Å²) in [5.41, 5.74) is 0.630. The number of nitrogens with one attached hydrogen (secondary N) is 2. The zero-order chi connectivity index (χ0) is 13.8. The highest BCUT2D eigenvalue weighted by Gasteiger charge is 2.38. The Kier molecular flexibility index (Phi) is 4.04. The maximum Gasteiger partial charge on any atom is 0.226 e. The van der Waals surface area contributed by atoms with Crippen LogP contribution in [0.5, 0.6) is 5.75 Å². The largest absolute Gasteiger partial charge is 0.508 e. The Morgan fingerprint density at radius 2 is 1.95 bits per heavy atom. The quantitative estimate of drug-likeness (QED) is 0.703. The van der Waals surface area contributed by atoms with Crippen molar-refractivity contribution < 1.29 is 14.7 Å². The standard InChI is InChI=1S/C14H18N2O3/c1-9-8-12(9)14(19)15-7-6-13(18)16-10-2-4-11(17)5-3-10/h2-5,9,12,17H,6-8H2,1H3,(H,15,19)(H,16,18)/t9-,12+/m0/s1. The molecule has 5 heteroatoms. The minimum absolute atomic E-state index is 0.0462. The highest BCUT2D eigenvalue weighted by Crippen LogP contribution is 2.37. The smallest absolute Gasteiger partial charge is 0.226 e. The van der Waals surface area contributed by atoms with Crippen molar-refractivity contribution in [2.24, 2.45) is 11.8 Å². The maximum absolute atomic E-state index is 11.6. The van der Waals surface area contributed by atoms with E-state index in [-0.39, 0.29) is 29.9 Å². The lowest BCUT2D eigenvalue weighted by Gasteiger charge is -2.06. The lowest BCUT2D eigenvalue weighted by Crippen LogP contribution is -2.29. The molecule has 2 rings (SSSR count). The summed E-state index contributed by atoms with van der Waals surface area (Å²) in [6, 6.07) is 6.26. The molecule has 0 saturated heterocycles. The van der Waals surface area contributed by atoms with Crippen LogP contribution < -0.4 is 10.6 Å². The van der Waals surface area contributed by atoms with Crippen LogP contribution in [0.3, 0.4) is 0 Å². The van der Waals surface area contributed by atoms with Gasteiger partial charge >= 0.3 is 0 Å². The number of phenolic OH excluding ortho intramolecular Hbond substituents is 1. The topological polar surface area (TPSA) is 78.4 Å². The first-order valence-electron chi connectivity index (χ1n) is 6.43. The van der Waals surface area contributed by atoms with Crippen LogP contribution in [0.25, 0.3) is 0 Å². The first-order chi connectivity index (χ1) is 9.06. The molecule has 0 spiro atoms. The second-order valence-corrected chi connectivity index (χ2v) is 4.96. The van der Waals surface area contributed by atoms with E-state index in [0.717, 1.165) is 6.42 Å². The molecule has 1 saturated carbocycles. The molecule has 1 aliphatic carbocycles. The minimum atomic E-state index is -0.158. The van der Waals surface area contributed by atoms with Gasteiger partial charge in [-0.2, -0.15) is 0 Å². The van der Waals surface area contributed by atoms with Gasteiger partial charge in [-0.3, -0.25) is 9.59 Å². The Labute approximate surface area is 112 Å². The highest BCUT2D eigenvalue weighted by molar-refractivity contribution is 5.91. The molecule has 3 N–H and O–H groups in total. The van der Waals surface area contributed by atoms with Gasteiger partial charge in [-0.1, -0.05) is 6.92 Å². The van der Waals surface area contributed by atoms with Gasteiger partial charge in [0.05, 0.1) is 0 Å². The average molecular weight is 262 g/mol. The molecule has 1 aliphatic rings. The number of hydrogen-bond donors (Lipinski definition) is 3. The zero-order valence-electron chi connectivity index (χ0n) is 10.8. The minimum Gasteiger partial charge on any atom is -0.508 e. The van der Waals surface area contributed by atoms with Gasteiger partial charge in [-0.15, -0.1) is 0 Å². The molecule has 0 aliphatic heterocycles. The van der Waals surface area contributed by atoms with Gasteiger partial charge in [-0.05, 0) is 36.6 Å². The lowest BCUT2D eigenvalue weighted by molar-refractivity contribution is -0.122. The fraction of sp³-hybridized carbons (Fsp3) is 0.429. The first kappa shape index (κ1) is 13.4. The molecule has 0 radical (unpaired) electrons. The summed E-state index contributed by atoms with van der Waals surface area (Å²) in [5.74, 6) is 0.662. The van der Waals surface area contributed by atoms with Crippen LogP contribution in [0.15, 0.2) is 24.3 Å². The van der Waals surface area contributed by atoms with Gasteiger partial charge in [0.1, 0.15) is 5.75 Å². The molecular formula is C14H18N2O3. The Hall–Kier alpha value is -2.04. The predicted molar refractivity (Wildman–Crippen MR) is 71.6 cm³/mol. The van der Waals surface area contributed by atoms with E-state index in [1.807, 2.05) is 6.92 Å². The van der Waals surface area contributed by atoms with Crippen molar-refractivity contribution in [3.8, 4) is 5.75 Å². The summed E-state index contributed by atoms with van der Waals surface area (Å²) in [5, 5.41) is 14.6. The van der Waals surface area contributed by atoms with Gasteiger partial charge < -0.3 is 15.7 Å². The summed E-state index contributed by atoms with van der Waals surface area (Å²) in [6.07, 6.45) is 1.19. The van der Waals surface area contributed by atoms with Gasteiger partial charge in [0, 0.05) is 24.6 Å². The molecule has 0 unspecified atom stereocenters. The highest BCUT2D eigenvalue weighted by atomic mass is 16.3. The van der Waals surface area contributed by atoms with Crippen LogP contribution >= 0.6 is 0 Å². The third kappa shape index (κ3) is 3.98. The van der Waals surface area contributed by atoms with E-state index in [4.69, 9.17) is 5.11 Å². The predicted octanol–water partition coefficient (Wildman–Crippen LogP) is 1.49. The first-order valence-corrected chi connectivity index (χ1v) is 6.43. The Bertz CT molecular complexity index is 470. The van der Waals surface area contributed by atoms with Crippen molar-refractivity contribution in [3.63, 3.8) is 0 Å². The Morgan fingerprint density at radius 1 is 1.32 bits per heavy atom. The summed E-state index contributed by atoms with van der Waals surface area (Å²) in [4.78, 5) is 23.1. The molecule has 0 heterocycles. The van der Waals surface area contributed by atoms with Crippen LogP contribution in [0.1, 0.15) is 19.8 Å². The van der Waals surface area contributed by atoms with Gasteiger partial charge in [0.25, 0.3) is 0 Å². The average Bonchev–Trinajstić information content (AvgIpc) is 3.09. The number of amides is 2. The van der Waals surface area contributed by atoms with Crippen LogP contribution in [0.2, 0.25) is 0 Å². The molecule has 2 amide bonds. The van der Waals surface area contributed by atoms with Crippen molar-refractivity contribution in [1.29, 1.82) is 0 Å². The summed E-state index contributed by atoms with van der Waals surface area (Å²) < 4.78 is 0. The number of aromatic hydroxyl groups is 1. The SMILES string of the molecule is C[C@H]1C[C@H]1C(=O)NCCC(=O)Nc1ccc(O)cc1. The molecular weight excluding hydrogens is 244 g/mol. The van der Waals surface area contributed by atoms with Gasteiger partial charge in [-0.25, -0.2) is 0 Å². The van der Waals surface area contributed by atoms with Crippen LogP contribution in [-0.2, 0) is 9.59 Å². The van der Waals surface area contributed by atoms with Crippen molar-refractivity contribution in [3.05, 3.63) is 24.3 Å². The monoisotopic (exact) mass is 262 g/mol. The van der Waals surface area contributed by atoms with Crippen LogP contribution in [0, 0.1) is 11.8 Å². The lowest BCUT2D eigenvalue weighted by atomic mass is 10.3. The molecule has 1 fully saturated rings. The number of benzene rings is 1. The normalized spacial score (nSPS) is 20.7. The third-order valence-electron chi connectivity index (χ3n) is 3.25. The number of hydrogen-bond acceptors (Lipinski definition) is 3. The number of phenols is 1. The van der Waals surface area contributed by atoms with Gasteiger partial charge in [0.2, 0.25) is 11.8 Å². The van der Waals surface area contributed by atoms with Crippen molar-refractivity contribution >= 4 is 17.5 Å². The Balaban J connectivity index is 1.67. The number of carbonyl (C=O) groups excluding carboxylic acids is 2. The molecule has 1 aromatic rings. The molecule has 0 aromatic heterocycles. The summed E-state index contributed by atoms with van der Waals surface area (Å²) in [7, 11) is 0. The fourth-order valence-electron chi connectivity index (χ4n) is 1.89. The van der Waals surface area contributed by atoms with Crippen molar-refractivity contribution in [2.45, 2.75) is 19.8 Å². The molecule has 1 aromatic carbocycles. The Morgan fingerprint density at radius 3 is 2.53 bits per heavy atom. The number of carbonyl (C=O) groups is 2. The van der Waals surface area contributed by atoms with E-state index in [1.54, 1.807) is 12.1 Å². The van der Waals surface area contributed by atoms with Crippen molar-refractivity contribution in [1.82, 2.24) is 5.32 Å². The third-order valence-corrected chi connectivity index (χ3v) is 3.25. The van der Waals surface area contributed by atoms with E-state index in [0.29, 0.717) is 18.2 Å². The summed E-state index contributed by atoms with van der Waals surface area (Å²) in [6.45, 7) is 2.40. The van der Waals surface area contributed by atoms with E-state index < -0.39 is 0 Å². The molecule has 5 nitrogen and oxygen atoms in total. The maximum atomic E-state index is 11.6. The van der Waals surface area contributed by atoms with E-state index in [9.17, 15) is 9.59 Å². The van der Waals surface area contributed by atoms with Crippen LogP contribution in [0.4, 0.5) is 5.69 Å². The second kappa shape index (κ2) is 5.73. The molecule has 0 bridgehead atoms. The molecule has 19 heavy (non-hydrogen) atoms. The fourth-order valence-corrected chi connectivity index (χ4v) is 1.89. The van der Waals surface area contributed by atoms with Crippen LogP contribution in [-0.4, -0.2) is 23.5 Å². The molecule has 102 valence electrons. The van der Waals surface area contributed by atoms with E-state index in [2.05, 4.69) is 10.6 Å². The van der Waals surface area contributed by atoms with E-state index >= 15 is 0 Å².